The van der Waals surface area contributed by atoms with Crippen molar-refractivity contribution < 1.29 is 4.79 Å². The second kappa shape index (κ2) is 6.93. The predicted octanol–water partition coefficient (Wildman–Crippen LogP) is 3.16. The number of benzene rings is 2. The number of hydrogen-bond acceptors (Lipinski definition) is 3. The molecule has 2 aliphatic rings. The molecule has 1 N–H and O–H groups in total. The van der Waals surface area contributed by atoms with Crippen LogP contribution in [0.4, 0.5) is 0 Å². The summed E-state index contributed by atoms with van der Waals surface area (Å²) in [6, 6.07) is 18.3. The largest absolute Gasteiger partial charge is 0.350 e. The molecule has 2 aliphatic heterocycles. The van der Waals surface area contributed by atoms with E-state index in [1.165, 1.54) is 11.1 Å². The van der Waals surface area contributed by atoms with Crippen LogP contribution in [0, 0.1) is 11.3 Å². The number of likely N-dealkylation sites (tertiary alicyclic amines) is 1. The summed E-state index contributed by atoms with van der Waals surface area (Å²) in [6.45, 7) is 2.12. The van der Waals surface area contributed by atoms with Gasteiger partial charge in [-0.2, -0.15) is 5.26 Å². The number of rotatable bonds is 2. The van der Waals surface area contributed by atoms with Gasteiger partial charge in [0.05, 0.1) is 11.6 Å². The van der Waals surface area contributed by atoms with Crippen LogP contribution in [0.3, 0.4) is 0 Å². The molecule has 1 spiro atoms. The molecule has 26 heavy (non-hydrogen) atoms. The fraction of sp³-hybridized carbons (Fsp3) is 0.364. The number of carbonyl (C=O) groups is 1. The van der Waals surface area contributed by atoms with Crippen LogP contribution in [0.2, 0.25) is 0 Å². The topological polar surface area (TPSA) is 56.1 Å². The zero-order valence-electron chi connectivity index (χ0n) is 14.9. The number of nitriles is 1. The number of piperidine rings is 1. The van der Waals surface area contributed by atoms with Crippen LogP contribution in [-0.2, 0) is 24.3 Å². The van der Waals surface area contributed by atoms with E-state index >= 15 is 0 Å². The van der Waals surface area contributed by atoms with Gasteiger partial charge < -0.3 is 5.32 Å². The number of amides is 1. The molecule has 1 atom stereocenters. The van der Waals surface area contributed by atoms with E-state index in [1.807, 2.05) is 30.3 Å². The highest BCUT2D eigenvalue weighted by Crippen LogP contribution is 2.36. The Bertz CT molecular complexity index is 870. The van der Waals surface area contributed by atoms with Crippen LogP contribution in [0.5, 0.6) is 0 Å². The molecular formula is C22H23N3O. The zero-order chi connectivity index (χ0) is 18.0. The van der Waals surface area contributed by atoms with E-state index in [4.69, 9.17) is 0 Å². The number of carbonyl (C=O) groups excluding carboxylic acids is 1. The van der Waals surface area contributed by atoms with E-state index in [1.54, 1.807) is 0 Å². The van der Waals surface area contributed by atoms with Crippen molar-refractivity contribution >= 4 is 5.91 Å². The average molecular weight is 345 g/mol. The molecule has 4 heteroatoms. The van der Waals surface area contributed by atoms with Crippen molar-refractivity contribution in [3.05, 3.63) is 70.8 Å². The van der Waals surface area contributed by atoms with Gasteiger partial charge in [0.2, 0.25) is 5.91 Å². The Hall–Kier alpha value is -2.64. The van der Waals surface area contributed by atoms with Gasteiger partial charge in [0.25, 0.3) is 0 Å². The molecule has 2 heterocycles. The summed E-state index contributed by atoms with van der Waals surface area (Å²) in [5.41, 5.74) is 3.64. The molecular weight excluding hydrogens is 322 g/mol. The van der Waals surface area contributed by atoms with E-state index in [9.17, 15) is 10.1 Å². The molecule has 1 unspecified atom stereocenters. The lowest BCUT2D eigenvalue weighted by Gasteiger charge is -2.45. The van der Waals surface area contributed by atoms with Crippen LogP contribution in [-0.4, -0.2) is 22.9 Å². The molecule has 4 nitrogen and oxygen atoms in total. The number of nitrogens with zero attached hydrogens (tertiary/aromatic N) is 2. The fourth-order valence-electron chi connectivity index (χ4n) is 4.39. The fourth-order valence-corrected chi connectivity index (χ4v) is 4.39. The molecule has 1 saturated heterocycles. The van der Waals surface area contributed by atoms with Gasteiger partial charge in [-0.15, -0.1) is 0 Å². The highest BCUT2D eigenvalue weighted by atomic mass is 16.2. The van der Waals surface area contributed by atoms with Crippen LogP contribution in [0.15, 0.2) is 48.5 Å². The molecule has 1 amide bonds. The van der Waals surface area contributed by atoms with Crippen molar-refractivity contribution in [2.45, 2.75) is 44.3 Å². The first-order chi connectivity index (χ1) is 12.7. The van der Waals surface area contributed by atoms with Gasteiger partial charge in [-0.25, -0.2) is 0 Å². The van der Waals surface area contributed by atoms with E-state index in [0.717, 1.165) is 37.8 Å². The highest BCUT2D eigenvalue weighted by molar-refractivity contribution is 5.87. The standard InChI is InChI=1S/C22H23N3O/c23-14-18-8-2-4-10-20(18)16-25-12-6-5-11-22(25)13-17-7-1-3-9-19(17)15-24-21(22)26/h1-4,7-10H,5-6,11-13,15-16H2,(H,24,26). The van der Waals surface area contributed by atoms with Gasteiger partial charge in [-0.05, 0) is 48.6 Å². The Kier molecular flexibility index (Phi) is 4.48. The second-order valence-corrected chi connectivity index (χ2v) is 7.31. The summed E-state index contributed by atoms with van der Waals surface area (Å²) >= 11 is 0. The molecule has 0 radical (unpaired) electrons. The lowest BCUT2D eigenvalue weighted by atomic mass is 9.80. The third-order valence-electron chi connectivity index (χ3n) is 5.84. The molecule has 2 aromatic carbocycles. The smallest absolute Gasteiger partial charge is 0.241 e. The molecule has 0 aliphatic carbocycles. The van der Waals surface area contributed by atoms with Crippen molar-refractivity contribution in [2.24, 2.45) is 0 Å². The van der Waals surface area contributed by atoms with Crippen LogP contribution in [0.25, 0.3) is 0 Å². The Labute approximate surface area is 154 Å². The first-order valence-corrected chi connectivity index (χ1v) is 9.31. The predicted molar refractivity (Wildman–Crippen MR) is 100 cm³/mol. The summed E-state index contributed by atoms with van der Waals surface area (Å²) < 4.78 is 0. The lowest BCUT2D eigenvalue weighted by Crippen LogP contribution is -2.60. The average Bonchev–Trinajstić information content (AvgIpc) is 2.82. The van der Waals surface area contributed by atoms with Gasteiger partial charge in [0, 0.05) is 19.5 Å². The van der Waals surface area contributed by atoms with Crippen LogP contribution in [0.1, 0.15) is 41.5 Å². The molecule has 0 aromatic heterocycles. The third kappa shape index (κ3) is 2.89. The minimum absolute atomic E-state index is 0.128. The number of nitrogens with one attached hydrogen (secondary N) is 1. The van der Waals surface area contributed by atoms with Gasteiger partial charge in [-0.3, -0.25) is 9.69 Å². The van der Waals surface area contributed by atoms with E-state index in [0.29, 0.717) is 18.7 Å². The SMILES string of the molecule is N#Cc1ccccc1CN1CCCCC12Cc1ccccc1CNC2=O. The molecule has 0 saturated carbocycles. The molecule has 2 aromatic rings. The summed E-state index contributed by atoms with van der Waals surface area (Å²) in [7, 11) is 0. The quantitative estimate of drug-likeness (QED) is 0.910. The molecule has 4 rings (SSSR count). The summed E-state index contributed by atoms with van der Waals surface area (Å²) in [6.07, 6.45) is 3.75. The van der Waals surface area contributed by atoms with E-state index in [-0.39, 0.29) is 5.91 Å². The first kappa shape index (κ1) is 16.8. The van der Waals surface area contributed by atoms with E-state index in [2.05, 4.69) is 34.5 Å². The highest BCUT2D eigenvalue weighted by Gasteiger charge is 2.46. The van der Waals surface area contributed by atoms with Gasteiger partial charge in [-0.1, -0.05) is 42.5 Å². The van der Waals surface area contributed by atoms with Gasteiger partial charge in [0.15, 0.2) is 0 Å². The Morgan fingerprint density at radius 3 is 2.69 bits per heavy atom. The monoisotopic (exact) mass is 345 g/mol. The lowest BCUT2D eigenvalue weighted by molar-refractivity contribution is -0.136. The van der Waals surface area contributed by atoms with Gasteiger partial charge >= 0.3 is 0 Å². The van der Waals surface area contributed by atoms with Crippen molar-refractivity contribution in [1.82, 2.24) is 10.2 Å². The maximum absolute atomic E-state index is 13.2. The molecule has 1 fully saturated rings. The third-order valence-corrected chi connectivity index (χ3v) is 5.84. The van der Waals surface area contributed by atoms with E-state index < -0.39 is 5.54 Å². The second-order valence-electron chi connectivity index (χ2n) is 7.31. The Balaban J connectivity index is 1.72. The Morgan fingerprint density at radius 1 is 1.08 bits per heavy atom. The summed E-state index contributed by atoms with van der Waals surface area (Å²) in [5.74, 6) is 0.128. The molecule has 0 bridgehead atoms. The van der Waals surface area contributed by atoms with Crippen molar-refractivity contribution in [3.8, 4) is 6.07 Å². The summed E-state index contributed by atoms with van der Waals surface area (Å²) in [4.78, 5) is 15.5. The number of hydrogen-bond donors (Lipinski definition) is 1. The summed E-state index contributed by atoms with van der Waals surface area (Å²) in [5, 5.41) is 12.6. The van der Waals surface area contributed by atoms with Gasteiger partial charge in [0.1, 0.15) is 5.54 Å². The maximum Gasteiger partial charge on any atom is 0.241 e. The first-order valence-electron chi connectivity index (χ1n) is 9.31. The molecule has 132 valence electrons. The van der Waals surface area contributed by atoms with Crippen LogP contribution >= 0.6 is 0 Å². The van der Waals surface area contributed by atoms with Crippen LogP contribution < -0.4 is 5.32 Å². The maximum atomic E-state index is 13.2. The zero-order valence-corrected chi connectivity index (χ0v) is 14.9. The van der Waals surface area contributed by atoms with Crippen molar-refractivity contribution in [3.63, 3.8) is 0 Å². The Morgan fingerprint density at radius 2 is 1.85 bits per heavy atom. The minimum Gasteiger partial charge on any atom is -0.350 e. The normalized spacial score (nSPS) is 23.0. The number of fused-ring (bicyclic) bond motifs is 1. The van der Waals surface area contributed by atoms with Crippen molar-refractivity contribution in [2.75, 3.05) is 6.54 Å². The van der Waals surface area contributed by atoms with Crippen molar-refractivity contribution in [1.29, 1.82) is 5.26 Å². The minimum atomic E-state index is -0.520.